The molecule has 1 aliphatic heterocycles. The molecular formula is C13H26N2O. The van der Waals surface area contributed by atoms with Crippen LogP contribution < -0.4 is 5.32 Å². The van der Waals surface area contributed by atoms with E-state index in [9.17, 15) is 0 Å². The van der Waals surface area contributed by atoms with E-state index >= 15 is 0 Å². The van der Waals surface area contributed by atoms with Crippen molar-refractivity contribution < 1.29 is 4.74 Å². The average Bonchev–Trinajstić information content (AvgIpc) is 3.08. The fourth-order valence-corrected chi connectivity index (χ4v) is 2.63. The Labute approximate surface area is 99.5 Å². The third-order valence-corrected chi connectivity index (χ3v) is 3.79. The van der Waals surface area contributed by atoms with Crippen molar-refractivity contribution in [2.75, 3.05) is 26.2 Å². The Morgan fingerprint density at radius 3 is 2.75 bits per heavy atom. The van der Waals surface area contributed by atoms with Crippen LogP contribution in [-0.2, 0) is 4.74 Å². The first-order chi connectivity index (χ1) is 7.79. The van der Waals surface area contributed by atoms with Crippen LogP contribution >= 0.6 is 0 Å². The molecule has 0 amide bonds. The molecule has 3 nitrogen and oxygen atoms in total. The number of likely N-dealkylation sites (N-methyl/N-ethyl adjacent to an activating group) is 1. The van der Waals surface area contributed by atoms with Gasteiger partial charge in [0.15, 0.2) is 0 Å². The smallest absolute Gasteiger partial charge is 0.0561 e. The first-order valence-electron chi connectivity index (χ1n) is 6.88. The number of hydrogen-bond acceptors (Lipinski definition) is 3. The summed E-state index contributed by atoms with van der Waals surface area (Å²) in [5.41, 5.74) is 0. The molecule has 1 heterocycles. The molecule has 0 radical (unpaired) electrons. The molecule has 2 atom stereocenters. The normalized spacial score (nSPS) is 30.9. The van der Waals surface area contributed by atoms with Crippen molar-refractivity contribution in [1.82, 2.24) is 10.2 Å². The first kappa shape index (κ1) is 12.3. The minimum absolute atomic E-state index is 0.442. The minimum atomic E-state index is 0.442. The van der Waals surface area contributed by atoms with Gasteiger partial charge >= 0.3 is 0 Å². The van der Waals surface area contributed by atoms with Crippen molar-refractivity contribution in [3.8, 4) is 0 Å². The summed E-state index contributed by atoms with van der Waals surface area (Å²) in [6.07, 6.45) is 5.64. The molecule has 1 saturated carbocycles. The van der Waals surface area contributed by atoms with Crippen molar-refractivity contribution >= 4 is 0 Å². The maximum absolute atomic E-state index is 5.55. The zero-order chi connectivity index (χ0) is 11.4. The van der Waals surface area contributed by atoms with E-state index in [1.807, 2.05) is 0 Å². The summed E-state index contributed by atoms with van der Waals surface area (Å²) < 4.78 is 5.55. The highest BCUT2D eigenvalue weighted by molar-refractivity contribution is 4.84. The molecule has 0 bridgehead atoms. The zero-order valence-corrected chi connectivity index (χ0v) is 10.7. The van der Waals surface area contributed by atoms with Crippen molar-refractivity contribution in [3.63, 3.8) is 0 Å². The summed E-state index contributed by atoms with van der Waals surface area (Å²) in [7, 11) is 0. The third kappa shape index (κ3) is 3.72. The molecular weight excluding hydrogens is 200 g/mol. The van der Waals surface area contributed by atoms with Crippen LogP contribution in [-0.4, -0.2) is 49.3 Å². The number of ether oxygens (including phenoxy) is 1. The molecule has 2 aliphatic rings. The molecule has 0 aromatic rings. The molecule has 0 aromatic heterocycles. The van der Waals surface area contributed by atoms with E-state index in [1.54, 1.807) is 0 Å². The van der Waals surface area contributed by atoms with E-state index in [0.717, 1.165) is 19.2 Å². The maximum Gasteiger partial charge on any atom is 0.0561 e. The van der Waals surface area contributed by atoms with Gasteiger partial charge in [-0.05, 0) is 39.2 Å². The third-order valence-electron chi connectivity index (χ3n) is 3.79. The average molecular weight is 226 g/mol. The lowest BCUT2D eigenvalue weighted by Gasteiger charge is -2.29. The summed E-state index contributed by atoms with van der Waals surface area (Å²) in [6, 6.07) is 1.59. The molecule has 1 saturated heterocycles. The SMILES string of the molecule is CCN(CCNC1CCOC(C)C1)C1CC1. The van der Waals surface area contributed by atoms with Crippen molar-refractivity contribution in [3.05, 3.63) is 0 Å². The maximum atomic E-state index is 5.55. The summed E-state index contributed by atoms with van der Waals surface area (Å²) in [4.78, 5) is 2.61. The van der Waals surface area contributed by atoms with Crippen LogP contribution in [0.5, 0.6) is 0 Å². The van der Waals surface area contributed by atoms with Gasteiger partial charge in [-0.1, -0.05) is 6.92 Å². The Morgan fingerprint density at radius 2 is 2.12 bits per heavy atom. The molecule has 0 aromatic carbocycles. The number of hydrogen-bond donors (Lipinski definition) is 1. The summed E-state index contributed by atoms with van der Waals surface area (Å²) >= 11 is 0. The van der Waals surface area contributed by atoms with Gasteiger partial charge in [0.2, 0.25) is 0 Å². The molecule has 94 valence electrons. The van der Waals surface area contributed by atoms with Gasteiger partial charge in [0.25, 0.3) is 0 Å². The largest absolute Gasteiger partial charge is 0.378 e. The van der Waals surface area contributed by atoms with E-state index in [2.05, 4.69) is 24.1 Å². The number of nitrogens with one attached hydrogen (secondary N) is 1. The minimum Gasteiger partial charge on any atom is -0.378 e. The lowest BCUT2D eigenvalue weighted by Crippen LogP contribution is -2.42. The van der Waals surface area contributed by atoms with E-state index in [-0.39, 0.29) is 0 Å². The van der Waals surface area contributed by atoms with Crippen LogP contribution in [0.25, 0.3) is 0 Å². The van der Waals surface area contributed by atoms with E-state index in [4.69, 9.17) is 4.74 Å². The summed E-state index contributed by atoms with van der Waals surface area (Å²) in [5, 5.41) is 3.68. The summed E-state index contributed by atoms with van der Waals surface area (Å²) in [6.45, 7) is 8.94. The zero-order valence-electron chi connectivity index (χ0n) is 10.7. The van der Waals surface area contributed by atoms with Crippen LogP contribution in [0, 0.1) is 0 Å². The monoisotopic (exact) mass is 226 g/mol. The van der Waals surface area contributed by atoms with Gasteiger partial charge in [-0.3, -0.25) is 4.90 Å². The first-order valence-corrected chi connectivity index (χ1v) is 6.88. The second-order valence-electron chi connectivity index (χ2n) is 5.22. The van der Waals surface area contributed by atoms with Gasteiger partial charge < -0.3 is 10.1 Å². The van der Waals surface area contributed by atoms with Crippen LogP contribution in [0.3, 0.4) is 0 Å². The van der Waals surface area contributed by atoms with E-state index < -0.39 is 0 Å². The van der Waals surface area contributed by atoms with Crippen molar-refractivity contribution in [1.29, 1.82) is 0 Å². The van der Waals surface area contributed by atoms with Crippen LogP contribution in [0.15, 0.2) is 0 Å². The van der Waals surface area contributed by atoms with Gasteiger partial charge in [-0.2, -0.15) is 0 Å². The van der Waals surface area contributed by atoms with Gasteiger partial charge in [-0.15, -0.1) is 0 Å². The fourth-order valence-electron chi connectivity index (χ4n) is 2.63. The molecule has 1 aliphatic carbocycles. The number of nitrogens with zero attached hydrogens (tertiary/aromatic N) is 1. The van der Waals surface area contributed by atoms with Crippen LogP contribution in [0.1, 0.15) is 39.5 Å². The molecule has 2 rings (SSSR count). The van der Waals surface area contributed by atoms with Gasteiger partial charge in [0, 0.05) is 31.8 Å². The predicted octanol–water partition coefficient (Wildman–Crippen LogP) is 1.63. The summed E-state index contributed by atoms with van der Waals surface area (Å²) in [5.74, 6) is 0. The molecule has 1 N–H and O–H groups in total. The van der Waals surface area contributed by atoms with E-state index in [1.165, 1.54) is 38.8 Å². The second kappa shape index (κ2) is 5.99. The molecule has 16 heavy (non-hydrogen) atoms. The number of rotatable bonds is 6. The van der Waals surface area contributed by atoms with Gasteiger partial charge in [0.05, 0.1) is 6.10 Å². The highest BCUT2D eigenvalue weighted by atomic mass is 16.5. The molecule has 2 unspecified atom stereocenters. The van der Waals surface area contributed by atoms with Crippen LogP contribution in [0.2, 0.25) is 0 Å². The quantitative estimate of drug-likeness (QED) is 0.745. The standard InChI is InChI=1S/C13H26N2O/c1-3-15(13-4-5-13)8-7-14-12-6-9-16-11(2)10-12/h11-14H,3-10H2,1-2H3. The Kier molecular flexibility index (Phi) is 4.62. The molecule has 3 heteroatoms. The molecule has 0 spiro atoms. The lowest BCUT2D eigenvalue weighted by molar-refractivity contribution is 0.0130. The Hall–Kier alpha value is -0.120. The second-order valence-corrected chi connectivity index (χ2v) is 5.22. The predicted molar refractivity (Wildman–Crippen MR) is 66.7 cm³/mol. The highest BCUT2D eigenvalue weighted by Crippen LogP contribution is 2.25. The Bertz CT molecular complexity index is 206. The van der Waals surface area contributed by atoms with Crippen LogP contribution in [0.4, 0.5) is 0 Å². The Morgan fingerprint density at radius 1 is 1.31 bits per heavy atom. The van der Waals surface area contributed by atoms with Crippen molar-refractivity contribution in [2.24, 2.45) is 0 Å². The van der Waals surface area contributed by atoms with Gasteiger partial charge in [-0.25, -0.2) is 0 Å². The topological polar surface area (TPSA) is 24.5 Å². The highest BCUT2D eigenvalue weighted by Gasteiger charge is 2.27. The van der Waals surface area contributed by atoms with Crippen molar-refractivity contribution in [2.45, 2.75) is 57.7 Å². The van der Waals surface area contributed by atoms with E-state index in [0.29, 0.717) is 12.1 Å². The lowest BCUT2D eigenvalue weighted by atomic mass is 10.0. The molecule has 2 fully saturated rings. The fraction of sp³-hybridized carbons (Fsp3) is 1.00. The van der Waals surface area contributed by atoms with Gasteiger partial charge in [0.1, 0.15) is 0 Å². The Balaban J connectivity index is 1.59.